The lowest BCUT2D eigenvalue weighted by Gasteiger charge is -2.35. The van der Waals surface area contributed by atoms with E-state index in [4.69, 9.17) is 4.74 Å². The minimum absolute atomic E-state index is 0.0254. The molecule has 0 N–H and O–H groups in total. The number of carbonyl (C=O) groups excluding carboxylic acids is 1. The minimum Gasteiger partial charge on any atom is -0.482 e. The number of nitrogens with zero attached hydrogens (tertiary/aromatic N) is 5. The molecule has 1 aromatic carbocycles. The SMILES string of the molecule is Cc1nn2c3c(nc2s1)CCN(C(=O)COc1ccc(C(F)(F)F)nc1)C3c1ccc(C2CC2)cc1F. The third-order valence-corrected chi connectivity index (χ3v) is 7.48. The van der Waals surface area contributed by atoms with Crippen LogP contribution < -0.4 is 4.74 Å². The molecule has 1 aliphatic carbocycles. The number of hydrogen-bond donors (Lipinski definition) is 0. The second-order valence-electron chi connectivity index (χ2n) is 9.22. The average Bonchev–Trinajstić information content (AvgIpc) is 3.57. The number of hydrogen-bond acceptors (Lipinski definition) is 6. The molecule has 1 fully saturated rings. The van der Waals surface area contributed by atoms with Gasteiger partial charge < -0.3 is 9.64 Å². The molecule has 3 aromatic heterocycles. The maximum absolute atomic E-state index is 15.5. The smallest absolute Gasteiger partial charge is 0.433 e. The number of aryl methyl sites for hydroxylation is 1. The van der Waals surface area contributed by atoms with Gasteiger partial charge in [0.05, 0.1) is 17.6 Å². The highest BCUT2D eigenvalue weighted by Gasteiger charge is 2.39. The summed E-state index contributed by atoms with van der Waals surface area (Å²) >= 11 is 1.41. The summed E-state index contributed by atoms with van der Waals surface area (Å²) in [7, 11) is 0. The van der Waals surface area contributed by atoms with Crippen LogP contribution >= 0.6 is 11.3 Å². The van der Waals surface area contributed by atoms with E-state index in [1.807, 2.05) is 13.0 Å². The molecular formula is C25H21F4N5O2S. The predicted octanol–water partition coefficient (Wildman–Crippen LogP) is 5.08. The van der Waals surface area contributed by atoms with E-state index in [0.29, 0.717) is 28.6 Å². The second-order valence-corrected chi connectivity index (χ2v) is 10.4. The van der Waals surface area contributed by atoms with E-state index in [0.717, 1.165) is 47.4 Å². The number of pyridine rings is 1. The van der Waals surface area contributed by atoms with Crippen LogP contribution in [-0.2, 0) is 17.4 Å². The Hall–Kier alpha value is -3.54. The molecule has 0 spiro atoms. The Kier molecular flexibility index (Phi) is 5.66. The maximum atomic E-state index is 15.5. The summed E-state index contributed by atoms with van der Waals surface area (Å²) in [5.41, 5.74) is 1.61. The van der Waals surface area contributed by atoms with E-state index >= 15 is 4.39 Å². The van der Waals surface area contributed by atoms with Crippen LogP contribution in [0, 0.1) is 12.7 Å². The summed E-state index contributed by atoms with van der Waals surface area (Å²) in [6, 6.07) is 6.29. The fourth-order valence-corrected chi connectivity index (χ4v) is 5.51. The lowest BCUT2D eigenvalue weighted by molar-refractivity contribution is -0.141. The number of amides is 1. The second kappa shape index (κ2) is 8.79. The van der Waals surface area contributed by atoms with Crippen molar-refractivity contribution in [3.05, 3.63) is 75.6 Å². The molecule has 192 valence electrons. The molecule has 1 atom stereocenters. The van der Waals surface area contributed by atoms with Gasteiger partial charge in [0.25, 0.3) is 5.91 Å². The molecule has 4 heterocycles. The van der Waals surface area contributed by atoms with E-state index in [-0.39, 0.29) is 12.3 Å². The average molecular weight is 532 g/mol. The Bertz CT molecular complexity index is 1490. The Morgan fingerprint density at radius 1 is 1.22 bits per heavy atom. The Labute approximate surface area is 212 Å². The van der Waals surface area contributed by atoms with Crippen LogP contribution in [0.2, 0.25) is 0 Å². The zero-order valence-electron chi connectivity index (χ0n) is 19.6. The zero-order chi connectivity index (χ0) is 25.9. The molecular weight excluding hydrogens is 510 g/mol. The van der Waals surface area contributed by atoms with Crippen molar-refractivity contribution in [1.82, 2.24) is 24.5 Å². The van der Waals surface area contributed by atoms with Gasteiger partial charge >= 0.3 is 6.18 Å². The fraction of sp³-hybridized carbons (Fsp3) is 0.360. The number of alkyl halides is 3. The van der Waals surface area contributed by atoms with E-state index in [2.05, 4.69) is 15.1 Å². The number of benzene rings is 1. The zero-order valence-corrected chi connectivity index (χ0v) is 20.4. The number of aromatic nitrogens is 4. The third-order valence-electron chi connectivity index (χ3n) is 6.65. The molecule has 0 saturated heterocycles. The topological polar surface area (TPSA) is 72.6 Å². The first kappa shape index (κ1) is 23.8. The molecule has 6 rings (SSSR count). The first-order chi connectivity index (χ1) is 17.7. The number of halogens is 4. The maximum Gasteiger partial charge on any atom is 0.433 e. The lowest BCUT2D eigenvalue weighted by Crippen LogP contribution is -2.43. The number of carbonyl (C=O) groups is 1. The lowest BCUT2D eigenvalue weighted by atomic mass is 9.93. The number of fused-ring (bicyclic) bond motifs is 3. The molecule has 7 nitrogen and oxygen atoms in total. The van der Waals surface area contributed by atoms with Gasteiger partial charge in [0, 0.05) is 18.5 Å². The van der Waals surface area contributed by atoms with Crippen molar-refractivity contribution in [1.29, 1.82) is 0 Å². The van der Waals surface area contributed by atoms with Gasteiger partial charge in [-0.25, -0.2) is 18.9 Å². The van der Waals surface area contributed by atoms with Crippen LogP contribution in [0.15, 0.2) is 36.5 Å². The summed E-state index contributed by atoms with van der Waals surface area (Å²) in [6.07, 6.45) is -1.12. The quantitative estimate of drug-likeness (QED) is 0.336. The standard InChI is InChI=1S/C25H21F4N5O2S/c1-13-32-34-23-19(31-24(34)37-13)8-9-33(22(23)17-6-4-15(10-18(17)26)14-2-3-14)21(35)12-36-16-5-7-20(30-11-16)25(27,28)29/h4-7,10-11,14,22H,2-3,8-9,12H2,1H3. The highest BCUT2D eigenvalue weighted by molar-refractivity contribution is 7.16. The van der Waals surface area contributed by atoms with E-state index in [1.54, 1.807) is 16.6 Å². The van der Waals surface area contributed by atoms with Crippen molar-refractivity contribution in [2.24, 2.45) is 0 Å². The molecule has 1 unspecified atom stereocenters. The predicted molar refractivity (Wildman–Crippen MR) is 126 cm³/mol. The Morgan fingerprint density at radius 3 is 2.70 bits per heavy atom. The number of ether oxygens (including phenoxy) is 1. The van der Waals surface area contributed by atoms with Crippen molar-refractivity contribution in [3.8, 4) is 5.75 Å². The van der Waals surface area contributed by atoms with Crippen molar-refractivity contribution in [2.45, 2.75) is 44.3 Å². The van der Waals surface area contributed by atoms with Crippen LogP contribution in [0.25, 0.3) is 4.96 Å². The van der Waals surface area contributed by atoms with Crippen LogP contribution in [0.5, 0.6) is 5.75 Å². The monoisotopic (exact) mass is 531 g/mol. The van der Waals surface area contributed by atoms with E-state index in [9.17, 15) is 18.0 Å². The number of rotatable bonds is 5. The summed E-state index contributed by atoms with van der Waals surface area (Å²) < 4.78 is 61.0. The molecule has 37 heavy (non-hydrogen) atoms. The third kappa shape index (κ3) is 4.43. The normalized spacial score (nSPS) is 17.8. The van der Waals surface area contributed by atoms with Gasteiger partial charge in [-0.3, -0.25) is 4.79 Å². The molecule has 0 radical (unpaired) electrons. The summed E-state index contributed by atoms with van der Waals surface area (Å²) in [5.74, 6) is -0.452. The van der Waals surface area contributed by atoms with Crippen molar-refractivity contribution in [2.75, 3.05) is 13.2 Å². The van der Waals surface area contributed by atoms with Crippen molar-refractivity contribution in [3.63, 3.8) is 0 Å². The van der Waals surface area contributed by atoms with Gasteiger partial charge in [-0.2, -0.15) is 18.3 Å². The van der Waals surface area contributed by atoms with Gasteiger partial charge in [0.1, 0.15) is 28.3 Å². The van der Waals surface area contributed by atoms with Gasteiger partial charge in [0.15, 0.2) is 6.61 Å². The molecule has 1 saturated carbocycles. The summed E-state index contributed by atoms with van der Waals surface area (Å²) in [6.45, 7) is 1.68. The molecule has 2 aliphatic rings. The van der Waals surface area contributed by atoms with Crippen LogP contribution in [0.3, 0.4) is 0 Å². The molecule has 1 aliphatic heterocycles. The van der Waals surface area contributed by atoms with Gasteiger partial charge in [-0.05, 0) is 49.4 Å². The van der Waals surface area contributed by atoms with Crippen molar-refractivity contribution < 1.29 is 27.1 Å². The molecule has 12 heteroatoms. The largest absolute Gasteiger partial charge is 0.482 e. The van der Waals surface area contributed by atoms with Gasteiger partial charge in [-0.1, -0.05) is 23.5 Å². The first-order valence-electron chi connectivity index (χ1n) is 11.8. The van der Waals surface area contributed by atoms with Gasteiger partial charge in [0.2, 0.25) is 4.96 Å². The van der Waals surface area contributed by atoms with Crippen LogP contribution in [0.4, 0.5) is 17.6 Å². The van der Waals surface area contributed by atoms with Gasteiger partial charge in [-0.15, -0.1) is 0 Å². The summed E-state index contributed by atoms with van der Waals surface area (Å²) in [4.78, 5) is 23.6. The molecule has 4 aromatic rings. The highest BCUT2D eigenvalue weighted by atomic mass is 32.1. The first-order valence-corrected chi connectivity index (χ1v) is 12.6. The molecule has 1 amide bonds. The Morgan fingerprint density at radius 2 is 2.03 bits per heavy atom. The summed E-state index contributed by atoms with van der Waals surface area (Å²) in [5, 5.41) is 5.33. The van der Waals surface area contributed by atoms with Crippen LogP contribution in [-0.4, -0.2) is 43.5 Å². The Balaban J connectivity index is 1.32. The minimum atomic E-state index is -4.57. The van der Waals surface area contributed by atoms with Crippen LogP contribution in [0.1, 0.15) is 58.0 Å². The molecule has 0 bridgehead atoms. The number of imidazole rings is 1. The van der Waals surface area contributed by atoms with Crippen molar-refractivity contribution >= 4 is 22.2 Å². The van der Waals surface area contributed by atoms with E-state index in [1.165, 1.54) is 16.2 Å². The van der Waals surface area contributed by atoms with E-state index < -0.39 is 36.2 Å². The highest BCUT2D eigenvalue weighted by Crippen LogP contribution is 2.43. The fourth-order valence-electron chi connectivity index (χ4n) is 4.74.